The molecule has 6 rings (SSSR count). The van der Waals surface area contributed by atoms with Gasteiger partial charge in [-0.3, -0.25) is 25.0 Å². The standard InChI is InChI=1S/C30H32FN9O2/c1-17-13-26(40-37-17)35-25-14-20-5-4-12-32-27(20)28(36-25)19-8-10-30(42-3,11-9-19)29(41)34-18(2)21-6-7-22(33-16-21)23-15-24(31)39-38-23/h4-7,12-16,18-19H,8-11H2,1-3H3,(H,34,41)(H,38,39)(H2,35,36,37,40)/t18-,19-,30+/m0/s1. The number of nitrogens with one attached hydrogen (secondary N) is 4. The first-order chi connectivity index (χ1) is 20.3. The molecule has 1 fully saturated rings. The maximum atomic E-state index is 13.6. The molecule has 0 bridgehead atoms. The highest BCUT2D eigenvalue weighted by Gasteiger charge is 2.43. The van der Waals surface area contributed by atoms with Gasteiger partial charge in [-0.25, -0.2) is 4.98 Å². The lowest BCUT2D eigenvalue weighted by atomic mass is 9.76. The van der Waals surface area contributed by atoms with E-state index in [2.05, 4.69) is 41.0 Å². The van der Waals surface area contributed by atoms with Crippen molar-refractivity contribution in [2.75, 3.05) is 12.4 Å². The minimum atomic E-state index is -0.947. The van der Waals surface area contributed by atoms with Crippen LogP contribution in [0.1, 0.15) is 61.5 Å². The topological polar surface area (TPSA) is 146 Å². The van der Waals surface area contributed by atoms with Crippen molar-refractivity contribution in [1.29, 1.82) is 0 Å². The second-order valence-corrected chi connectivity index (χ2v) is 10.8. The van der Waals surface area contributed by atoms with E-state index in [1.807, 2.05) is 44.2 Å². The number of amides is 1. The summed E-state index contributed by atoms with van der Waals surface area (Å²) in [5, 5.41) is 20.7. The van der Waals surface area contributed by atoms with Gasteiger partial charge in [0.1, 0.15) is 11.4 Å². The number of anilines is 2. The van der Waals surface area contributed by atoms with Gasteiger partial charge < -0.3 is 15.4 Å². The first kappa shape index (κ1) is 27.5. The number of aryl methyl sites for hydroxylation is 1. The van der Waals surface area contributed by atoms with Crippen molar-refractivity contribution in [3.63, 3.8) is 0 Å². The van der Waals surface area contributed by atoms with Crippen LogP contribution in [0.3, 0.4) is 0 Å². The molecule has 216 valence electrons. The molecule has 4 N–H and O–H groups in total. The Balaban J connectivity index is 1.16. The lowest BCUT2D eigenvalue weighted by Crippen LogP contribution is -2.50. The van der Waals surface area contributed by atoms with Crippen LogP contribution in [0.15, 0.2) is 54.9 Å². The SMILES string of the molecule is CO[C@]1(C(=O)N[C@@H](C)c2ccc(-c3cc(F)n[nH]3)nc2)CC[C@H](c2nc(Nc3cc(C)[nH]n3)cc3cccnc32)CC1. The zero-order valence-electron chi connectivity index (χ0n) is 23.6. The lowest BCUT2D eigenvalue weighted by Gasteiger charge is -2.38. The summed E-state index contributed by atoms with van der Waals surface area (Å²) in [7, 11) is 1.59. The third kappa shape index (κ3) is 5.45. The van der Waals surface area contributed by atoms with Crippen molar-refractivity contribution in [3.8, 4) is 11.4 Å². The fourth-order valence-electron chi connectivity index (χ4n) is 5.61. The van der Waals surface area contributed by atoms with E-state index in [0.29, 0.717) is 35.9 Å². The molecule has 12 heteroatoms. The largest absolute Gasteiger partial charge is 0.368 e. The van der Waals surface area contributed by atoms with Crippen molar-refractivity contribution in [2.45, 2.75) is 57.1 Å². The molecular weight excluding hydrogens is 537 g/mol. The summed E-state index contributed by atoms with van der Waals surface area (Å²) in [5.74, 6) is 0.759. The molecule has 0 spiro atoms. The molecule has 5 heterocycles. The number of carbonyl (C=O) groups excluding carboxylic acids is 1. The van der Waals surface area contributed by atoms with Gasteiger partial charge in [-0.05, 0) is 63.3 Å². The molecule has 5 aromatic rings. The number of ether oxygens (including phenoxy) is 1. The van der Waals surface area contributed by atoms with Crippen LogP contribution in [0, 0.1) is 12.9 Å². The number of hydrogen-bond acceptors (Lipinski definition) is 8. The van der Waals surface area contributed by atoms with Crippen molar-refractivity contribution < 1.29 is 13.9 Å². The molecule has 0 aromatic carbocycles. The Hall–Kier alpha value is -4.71. The number of rotatable bonds is 8. The normalized spacial score (nSPS) is 19.5. The van der Waals surface area contributed by atoms with E-state index >= 15 is 0 Å². The van der Waals surface area contributed by atoms with Gasteiger partial charge in [-0.2, -0.15) is 9.49 Å². The van der Waals surface area contributed by atoms with Crippen molar-refractivity contribution in [3.05, 3.63) is 77.8 Å². The Morgan fingerprint density at radius 1 is 1.10 bits per heavy atom. The number of aromatic amines is 2. The number of fused-ring (bicyclic) bond motifs is 1. The molecule has 1 amide bonds. The van der Waals surface area contributed by atoms with Crippen molar-refractivity contribution in [1.82, 2.24) is 40.7 Å². The van der Waals surface area contributed by atoms with E-state index in [1.54, 1.807) is 25.6 Å². The number of H-pyrrole nitrogens is 2. The number of hydrogen-bond donors (Lipinski definition) is 4. The van der Waals surface area contributed by atoms with Gasteiger partial charge in [0.2, 0.25) is 5.95 Å². The third-order valence-corrected chi connectivity index (χ3v) is 8.02. The zero-order chi connectivity index (χ0) is 29.3. The quantitative estimate of drug-likeness (QED) is 0.198. The van der Waals surface area contributed by atoms with Gasteiger partial charge in [-0.1, -0.05) is 12.1 Å². The molecule has 5 aromatic heterocycles. The average molecular weight is 570 g/mol. The maximum absolute atomic E-state index is 13.6. The minimum absolute atomic E-state index is 0.114. The summed E-state index contributed by atoms with van der Waals surface area (Å²) < 4.78 is 19.2. The fourth-order valence-corrected chi connectivity index (χ4v) is 5.61. The first-order valence-electron chi connectivity index (χ1n) is 13.9. The number of carbonyl (C=O) groups is 1. The predicted molar refractivity (Wildman–Crippen MR) is 155 cm³/mol. The van der Waals surface area contributed by atoms with Crippen LogP contribution in [0.25, 0.3) is 22.3 Å². The van der Waals surface area contributed by atoms with Crippen LogP contribution in [-0.4, -0.2) is 54.0 Å². The monoisotopic (exact) mass is 569 g/mol. The van der Waals surface area contributed by atoms with Gasteiger partial charge in [0.15, 0.2) is 5.82 Å². The minimum Gasteiger partial charge on any atom is -0.368 e. The lowest BCUT2D eigenvalue weighted by molar-refractivity contribution is -0.148. The highest BCUT2D eigenvalue weighted by atomic mass is 19.1. The van der Waals surface area contributed by atoms with Crippen LogP contribution >= 0.6 is 0 Å². The van der Waals surface area contributed by atoms with Crippen molar-refractivity contribution >= 4 is 28.4 Å². The number of aromatic nitrogens is 7. The summed E-state index contributed by atoms with van der Waals surface area (Å²) in [6, 6.07) is 12.4. The second-order valence-electron chi connectivity index (χ2n) is 10.8. The summed E-state index contributed by atoms with van der Waals surface area (Å²) in [5.41, 5.74) is 3.65. The molecule has 1 saturated carbocycles. The number of nitrogens with zero attached hydrogens (tertiary/aromatic N) is 5. The Kier molecular flexibility index (Phi) is 7.38. The Labute approximate surface area is 241 Å². The summed E-state index contributed by atoms with van der Waals surface area (Å²) in [4.78, 5) is 27.6. The van der Waals surface area contributed by atoms with Crippen LogP contribution in [-0.2, 0) is 9.53 Å². The highest BCUT2D eigenvalue weighted by molar-refractivity contribution is 5.86. The van der Waals surface area contributed by atoms with Crippen LogP contribution < -0.4 is 10.6 Å². The average Bonchev–Trinajstić information content (AvgIpc) is 3.64. The summed E-state index contributed by atoms with van der Waals surface area (Å²) >= 11 is 0. The second kappa shape index (κ2) is 11.3. The van der Waals surface area contributed by atoms with E-state index in [9.17, 15) is 9.18 Å². The summed E-state index contributed by atoms with van der Waals surface area (Å²) in [6.07, 6.45) is 5.98. The molecule has 1 atom stereocenters. The highest BCUT2D eigenvalue weighted by Crippen LogP contribution is 2.42. The van der Waals surface area contributed by atoms with Crippen LogP contribution in [0.2, 0.25) is 0 Å². The van der Waals surface area contributed by atoms with Gasteiger partial charge in [0, 0.05) is 48.6 Å². The van der Waals surface area contributed by atoms with Gasteiger partial charge in [-0.15, -0.1) is 5.10 Å². The van der Waals surface area contributed by atoms with Crippen LogP contribution in [0.5, 0.6) is 0 Å². The van der Waals surface area contributed by atoms with Gasteiger partial charge >= 0.3 is 0 Å². The van der Waals surface area contributed by atoms with Gasteiger partial charge in [0.05, 0.1) is 28.6 Å². The molecule has 1 aliphatic rings. The van der Waals surface area contributed by atoms with E-state index < -0.39 is 11.5 Å². The van der Waals surface area contributed by atoms with E-state index in [-0.39, 0.29) is 17.9 Å². The van der Waals surface area contributed by atoms with E-state index in [1.165, 1.54) is 6.07 Å². The number of halogens is 1. The maximum Gasteiger partial charge on any atom is 0.252 e. The third-order valence-electron chi connectivity index (χ3n) is 8.02. The Morgan fingerprint density at radius 2 is 1.93 bits per heavy atom. The number of pyridine rings is 3. The predicted octanol–water partition coefficient (Wildman–Crippen LogP) is 5.25. The molecule has 0 unspecified atom stereocenters. The Morgan fingerprint density at radius 3 is 2.60 bits per heavy atom. The molecule has 11 nitrogen and oxygen atoms in total. The Bertz CT molecular complexity index is 1710. The van der Waals surface area contributed by atoms with Crippen molar-refractivity contribution in [2.24, 2.45) is 0 Å². The first-order valence-corrected chi connectivity index (χ1v) is 13.9. The summed E-state index contributed by atoms with van der Waals surface area (Å²) in [6.45, 7) is 3.85. The fraction of sp³-hybridized carbons (Fsp3) is 0.333. The zero-order valence-corrected chi connectivity index (χ0v) is 23.6. The molecule has 0 radical (unpaired) electrons. The smallest absolute Gasteiger partial charge is 0.252 e. The molecular formula is C30H32FN9O2. The number of methoxy groups -OCH3 is 1. The van der Waals surface area contributed by atoms with E-state index in [0.717, 1.165) is 40.7 Å². The molecule has 0 aliphatic heterocycles. The molecule has 0 saturated heterocycles. The van der Waals surface area contributed by atoms with Crippen LogP contribution in [0.4, 0.5) is 16.0 Å². The van der Waals surface area contributed by atoms with E-state index in [4.69, 9.17) is 9.72 Å². The van der Waals surface area contributed by atoms with Gasteiger partial charge in [0.25, 0.3) is 5.91 Å². The molecule has 1 aliphatic carbocycles. The molecule has 42 heavy (non-hydrogen) atoms.